The molecule has 0 radical (unpaired) electrons. The molecular formula is C24H27N3O3. The highest BCUT2D eigenvalue weighted by molar-refractivity contribution is 5.94. The molecule has 30 heavy (non-hydrogen) atoms. The molecule has 3 aromatic rings. The minimum atomic E-state index is -0.352. The highest BCUT2D eigenvalue weighted by atomic mass is 16.4. The first-order chi connectivity index (χ1) is 14.6. The van der Waals surface area contributed by atoms with Crippen LogP contribution in [0.15, 0.2) is 63.8 Å². The molecule has 1 aromatic heterocycles. The normalized spacial score (nSPS) is 14.8. The summed E-state index contributed by atoms with van der Waals surface area (Å²) in [5.74, 6) is 0.109. The van der Waals surface area contributed by atoms with Crippen LogP contribution in [0.2, 0.25) is 0 Å². The van der Waals surface area contributed by atoms with Crippen LogP contribution in [-0.2, 0) is 6.42 Å². The van der Waals surface area contributed by atoms with Gasteiger partial charge in [0.15, 0.2) is 0 Å². The van der Waals surface area contributed by atoms with Crippen molar-refractivity contribution >= 4 is 22.6 Å². The van der Waals surface area contributed by atoms with E-state index < -0.39 is 0 Å². The van der Waals surface area contributed by atoms with Crippen LogP contribution >= 0.6 is 0 Å². The van der Waals surface area contributed by atoms with Crippen LogP contribution < -0.4 is 10.9 Å². The number of benzene rings is 2. The van der Waals surface area contributed by atoms with Crippen molar-refractivity contribution in [1.82, 2.24) is 9.80 Å². The van der Waals surface area contributed by atoms with Gasteiger partial charge in [-0.2, -0.15) is 0 Å². The quantitative estimate of drug-likeness (QED) is 0.638. The molecule has 0 spiro atoms. The summed E-state index contributed by atoms with van der Waals surface area (Å²) in [6, 6.07) is 16.9. The summed E-state index contributed by atoms with van der Waals surface area (Å²) >= 11 is 0. The van der Waals surface area contributed by atoms with E-state index >= 15 is 0 Å². The molecule has 1 aliphatic heterocycles. The van der Waals surface area contributed by atoms with Gasteiger partial charge in [0.25, 0.3) is 5.91 Å². The number of hydrogen-bond acceptors (Lipinski definition) is 5. The standard InChI is InChI=1S/C24H27N3O3/c1-2-18-7-9-19(10-8-18)24(29)27-15-13-26(14-16-27)12-11-25-21-17-23(28)30-22-6-4-3-5-20(21)22/h3-10,17,25H,2,11-16H2,1H3. The number of nitrogens with zero attached hydrogens (tertiary/aromatic N) is 2. The fourth-order valence-electron chi connectivity index (χ4n) is 3.85. The summed E-state index contributed by atoms with van der Waals surface area (Å²) in [5.41, 5.74) is 3.04. The first kappa shape index (κ1) is 20.2. The Morgan fingerprint density at radius 2 is 1.77 bits per heavy atom. The van der Waals surface area contributed by atoms with Gasteiger partial charge in [0.1, 0.15) is 5.58 Å². The molecule has 0 unspecified atom stereocenters. The predicted molar refractivity (Wildman–Crippen MR) is 119 cm³/mol. The average molecular weight is 405 g/mol. The Morgan fingerprint density at radius 3 is 2.50 bits per heavy atom. The molecule has 4 rings (SSSR count). The molecule has 1 saturated heterocycles. The lowest BCUT2D eigenvalue weighted by Crippen LogP contribution is -2.49. The number of fused-ring (bicyclic) bond motifs is 1. The Kier molecular flexibility index (Phi) is 6.14. The highest BCUT2D eigenvalue weighted by Gasteiger charge is 2.21. The molecule has 1 amide bonds. The van der Waals surface area contributed by atoms with Crippen LogP contribution in [-0.4, -0.2) is 55.0 Å². The number of aryl methyl sites for hydroxylation is 1. The Balaban J connectivity index is 1.28. The zero-order valence-corrected chi connectivity index (χ0v) is 17.3. The predicted octanol–water partition coefficient (Wildman–Crippen LogP) is 3.23. The van der Waals surface area contributed by atoms with Crippen LogP contribution in [0.5, 0.6) is 0 Å². The lowest BCUT2D eigenvalue weighted by Gasteiger charge is -2.34. The van der Waals surface area contributed by atoms with E-state index in [0.717, 1.165) is 62.3 Å². The number of amides is 1. The summed E-state index contributed by atoms with van der Waals surface area (Å²) < 4.78 is 5.24. The Morgan fingerprint density at radius 1 is 1.03 bits per heavy atom. The van der Waals surface area contributed by atoms with Crippen molar-refractivity contribution in [2.45, 2.75) is 13.3 Å². The molecule has 6 nitrogen and oxygen atoms in total. The third-order valence-electron chi connectivity index (χ3n) is 5.66. The average Bonchev–Trinajstić information content (AvgIpc) is 2.79. The summed E-state index contributed by atoms with van der Waals surface area (Å²) in [5, 5.41) is 4.27. The van der Waals surface area contributed by atoms with Crippen molar-refractivity contribution in [3.63, 3.8) is 0 Å². The van der Waals surface area contributed by atoms with Crippen molar-refractivity contribution in [2.24, 2.45) is 0 Å². The Bertz CT molecular complexity index is 1070. The van der Waals surface area contributed by atoms with Gasteiger partial charge < -0.3 is 14.6 Å². The van der Waals surface area contributed by atoms with E-state index in [1.54, 1.807) is 6.07 Å². The van der Waals surface area contributed by atoms with Gasteiger partial charge in [0, 0.05) is 56.3 Å². The molecule has 0 saturated carbocycles. The number of nitrogens with one attached hydrogen (secondary N) is 1. The van der Waals surface area contributed by atoms with Crippen molar-refractivity contribution in [3.05, 3.63) is 76.1 Å². The van der Waals surface area contributed by atoms with Gasteiger partial charge in [-0.05, 0) is 36.2 Å². The van der Waals surface area contributed by atoms with Gasteiger partial charge in [-0.15, -0.1) is 0 Å². The van der Waals surface area contributed by atoms with Crippen molar-refractivity contribution in [2.75, 3.05) is 44.6 Å². The maximum Gasteiger partial charge on any atom is 0.338 e. The van der Waals surface area contributed by atoms with Crippen LogP contribution in [0, 0.1) is 0 Å². The van der Waals surface area contributed by atoms with Crippen LogP contribution in [0.25, 0.3) is 11.0 Å². The molecule has 2 heterocycles. The topological polar surface area (TPSA) is 65.8 Å². The number of piperazine rings is 1. The SMILES string of the molecule is CCc1ccc(C(=O)N2CCN(CCNc3cc(=O)oc4ccccc34)CC2)cc1. The Hall–Kier alpha value is -3.12. The van der Waals surface area contributed by atoms with E-state index in [4.69, 9.17) is 4.42 Å². The second kappa shape index (κ2) is 9.13. The lowest BCUT2D eigenvalue weighted by atomic mass is 10.1. The molecule has 1 N–H and O–H groups in total. The number of carbonyl (C=O) groups excluding carboxylic acids is 1. The fourth-order valence-corrected chi connectivity index (χ4v) is 3.85. The first-order valence-corrected chi connectivity index (χ1v) is 10.5. The smallest absolute Gasteiger partial charge is 0.338 e. The summed E-state index contributed by atoms with van der Waals surface area (Å²) in [6.07, 6.45) is 0.977. The van der Waals surface area contributed by atoms with Crippen molar-refractivity contribution < 1.29 is 9.21 Å². The van der Waals surface area contributed by atoms with Gasteiger partial charge in [-0.1, -0.05) is 31.2 Å². The van der Waals surface area contributed by atoms with E-state index in [9.17, 15) is 9.59 Å². The maximum absolute atomic E-state index is 12.7. The van der Waals surface area contributed by atoms with Crippen LogP contribution in [0.4, 0.5) is 5.69 Å². The van der Waals surface area contributed by atoms with E-state index in [2.05, 4.69) is 17.1 Å². The summed E-state index contributed by atoms with van der Waals surface area (Å²) in [6.45, 7) is 6.83. The van der Waals surface area contributed by atoms with Gasteiger partial charge in [-0.3, -0.25) is 9.69 Å². The number of carbonyl (C=O) groups is 1. The third kappa shape index (κ3) is 4.54. The zero-order valence-electron chi connectivity index (χ0n) is 17.3. The molecule has 0 aliphatic carbocycles. The minimum Gasteiger partial charge on any atom is -0.423 e. The molecule has 0 bridgehead atoms. The number of anilines is 1. The molecule has 6 heteroatoms. The van der Waals surface area contributed by atoms with Gasteiger partial charge in [0.2, 0.25) is 0 Å². The van der Waals surface area contributed by atoms with Gasteiger partial charge in [-0.25, -0.2) is 4.79 Å². The molecular weight excluding hydrogens is 378 g/mol. The second-order valence-electron chi connectivity index (χ2n) is 7.59. The molecule has 156 valence electrons. The second-order valence-corrected chi connectivity index (χ2v) is 7.59. The summed E-state index contributed by atoms with van der Waals surface area (Å²) in [7, 11) is 0. The van der Waals surface area contributed by atoms with E-state index in [-0.39, 0.29) is 11.5 Å². The highest BCUT2D eigenvalue weighted by Crippen LogP contribution is 2.20. The van der Waals surface area contributed by atoms with Crippen LogP contribution in [0.3, 0.4) is 0 Å². The number of rotatable bonds is 6. The molecule has 0 atom stereocenters. The Labute approximate surface area is 176 Å². The van der Waals surface area contributed by atoms with Crippen LogP contribution in [0.1, 0.15) is 22.8 Å². The third-order valence-corrected chi connectivity index (χ3v) is 5.66. The van der Waals surface area contributed by atoms with Crippen molar-refractivity contribution in [1.29, 1.82) is 0 Å². The first-order valence-electron chi connectivity index (χ1n) is 10.5. The maximum atomic E-state index is 12.7. The van der Waals surface area contributed by atoms with Gasteiger partial charge in [0.05, 0.1) is 5.69 Å². The number of para-hydroxylation sites is 1. The molecule has 1 fully saturated rings. The molecule has 1 aliphatic rings. The minimum absolute atomic E-state index is 0.109. The van der Waals surface area contributed by atoms with E-state index in [1.165, 1.54) is 11.6 Å². The monoisotopic (exact) mass is 405 g/mol. The zero-order chi connectivity index (χ0) is 20.9. The van der Waals surface area contributed by atoms with E-state index in [0.29, 0.717) is 5.58 Å². The molecule has 2 aromatic carbocycles. The lowest BCUT2D eigenvalue weighted by molar-refractivity contribution is 0.0642. The fraction of sp³-hybridized carbons (Fsp3) is 0.333. The number of hydrogen-bond donors (Lipinski definition) is 1. The largest absolute Gasteiger partial charge is 0.423 e. The van der Waals surface area contributed by atoms with Gasteiger partial charge >= 0.3 is 5.63 Å². The van der Waals surface area contributed by atoms with Crippen molar-refractivity contribution in [3.8, 4) is 0 Å². The van der Waals surface area contributed by atoms with E-state index in [1.807, 2.05) is 47.4 Å². The summed E-state index contributed by atoms with van der Waals surface area (Å²) in [4.78, 5) is 28.8.